The van der Waals surface area contributed by atoms with E-state index in [9.17, 15) is 4.39 Å². The molecule has 2 aromatic rings. The molecule has 0 bridgehead atoms. The minimum atomic E-state index is -0.219. The maximum atomic E-state index is 12.9. The van der Waals surface area contributed by atoms with Gasteiger partial charge in [-0.25, -0.2) is 9.37 Å². The molecule has 1 N–H and O–H groups in total. The number of piperazine rings is 1. The molecule has 116 valence electrons. The lowest BCUT2D eigenvalue weighted by atomic mass is 10.2. The van der Waals surface area contributed by atoms with Gasteiger partial charge < -0.3 is 15.1 Å². The molecule has 0 radical (unpaired) electrons. The van der Waals surface area contributed by atoms with E-state index in [2.05, 4.69) is 32.1 Å². The minimum absolute atomic E-state index is 0.219. The summed E-state index contributed by atoms with van der Waals surface area (Å²) in [6, 6.07) is 8.32. The summed E-state index contributed by atoms with van der Waals surface area (Å²) in [6.07, 6.45) is 1.77. The number of hydrogen-bond acceptors (Lipinski definition) is 5. The van der Waals surface area contributed by atoms with Crippen molar-refractivity contribution in [2.75, 3.05) is 43.4 Å². The molecular weight excluding hydrogens is 281 g/mol. The lowest BCUT2D eigenvalue weighted by molar-refractivity contribution is 0.311. The Balaban J connectivity index is 1.62. The van der Waals surface area contributed by atoms with Crippen molar-refractivity contribution in [3.63, 3.8) is 0 Å². The standard InChI is InChI=1S/C16H20FN5/c1-21-8-10-22(11-9-21)16-18-7-6-15(20-16)19-12-13-2-4-14(17)5-3-13/h2-7H,8-12H2,1H3,(H,18,19,20). The van der Waals surface area contributed by atoms with E-state index in [1.165, 1.54) is 12.1 Å². The van der Waals surface area contributed by atoms with Crippen molar-refractivity contribution in [2.24, 2.45) is 0 Å². The second kappa shape index (κ2) is 6.70. The quantitative estimate of drug-likeness (QED) is 0.935. The lowest BCUT2D eigenvalue weighted by Crippen LogP contribution is -2.45. The van der Waals surface area contributed by atoms with Crippen LogP contribution in [0.4, 0.5) is 16.2 Å². The van der Waals surface area contributed by atoms with Crippen LogP contribution in [0.3, 0.4) is 0 Å². The van der Waals surface area contributed by atoms with Crippen LogP contribution in [0.5, 0.6) is 0 Å². The molecule has 5 nitrogen and oxygen atoms in total. The fourth-order valence-electron chi connectivity index (χ4n) is 2.40. The molecule has 22 heavy (non-hydrogen) atoms. The summed E-state index contributed by atoms with van der Waals surface area (Å²) in [7, 11) is 2.12. The molecule has 0 unspecified atom stereocenters. The number of halogens is 1. The molecule has 1 fully saturated rings. The summed E-state index contributed by atoms with van der Waals surface area (Å²) in [5.74, 6) is 1.33. The van der Waals surface area contributed by atoms with E-state index in [0.717, 1.165) is 43.5 Å². The van der Waals surface area contributed by atoms with E-state index in [1.807, 2.05) is 6.07 Å². The van der Waals surface area contributed by atoms with Crippen LogP contribution in [0.2, 0.25) is 0 Å². The first-order valence-electron chi connectivity index (χ1n) is 7.45. The van der Waals surface area contributed by atoms with E-state index in [0.29, 0.717) is 6.54 Å². The predicted octanol–water partition coefficient (Wildman–Crippen LogP) is 1.98. The highest BCUT2D eigenvalue weighted by Gasteiger charge is 2.16. The van der Waals surface area contributed by atoms with Crippen LogP contribution in [-0.4, -0.2) is 48.1 Å². The number of rotatable bonds is 4. The maximum absolute atomic E-state index is 12.9. The predicted molar refractivity (Wildman–Crippen MR) is 85.5 cm³/mol. The Morgan fingerprint density at radius 3 is 2.55 bits per heavy atom. The number of benzene rings is 1. The highest BCUT2D eigenvalue weighted by Crippen LogP contribution is 2.14. The molecule has 1 aliphatic rings. The van der Waals surface area contributed by atoms with Crippen molar-refractivity contribution in [1.29, 1.82) is 0 Å². The van der Waals surface area contributed by atoms with Gasteiger partial charge in [0.1, 0.15) is 11.6 Å². The van der Waals surface area contributed by atoms with Crippen LogP contribution >= 0.6 is 0 Å². The highest BCUT2D eigenvalue weighted by molar-refractivity contribution is 5.42. The smallest absolute Gasteiger partial charge is 0.227 e. The van der Waals surface area contributed by atoms with Crippen LogP contribution in [0.25, 0.3) is 0 Å². The molecular formula is C16H20FN5. The summed E-state index contributed by atoms with van der Waals surface area (Å²) in [4.78, 5) is 13.4. The van der Waals surface area contributed by atoms with Gasteiger partial charge in [-0.15, -0.1) is 0 Å². The van der Waals surface area contributed by atoms with E-state index >= 15 is 0 Å². The molecule has 6 heteroatoms. The largest absolute Gasteiger partial charge is 0.366 e. The van der Waals surface area contributed by atoms with Gasteiger partial charge in [0.15, 0.2) is 0 Å². The third-order valence-electron chi connectivity index (χ3n) is 3.82. The summed E-state index contributed by atoms with van der Waals surface area (Å²) >= 11 is 0. The second-order valence-corrected chi connectivity index (χ2v) is 5.51. The fraction of sp³-hybridized carbons (Fsp3) is 0.375. The summed E-state index contributed by atoms with van der Waals surface area (Å²) < 4.78 is 12.9. The van der Waals surface area contributed by atoms with Gasteiger partial charge in [-0.2, -0.15) is 4.98 Å². The zero-order valence-electron chi connectivity index (χ0n) is 12.7. The molecule has 2 heterocycles. The number of nitrogens with one attached hydrogen (secondary N) is 1. The van der Waals surface area contributed by atoms with Crippen molar-refractivity contribution >= 4 is 11.8 Å². The van der Waals surface area contributed by atoms with Crippen molar-refractivity contribution in [3.05, 3.63) is 47.9 Å². The van der Waals surface area contributed by atoms with E-state index in [-0.39, 0.29) is 5.82 Å². The van der Waals surface area contributed by atoms with E-state index in [4.69, 9.17) is 0 Å². The lowest BCUT2D eigenvalue weighted by Gasteiger charge is -2.32. The van der Waals surface area contributed by atoms with E-state index < -0.39 is 0 Å². The van der Waals surface area contributed by atoms with Gasteiger partial charge in [0, 0.05) is 38.9 Å². The monoisotopic (exact) mass is 301 g/mol. The van der Waals surface area contributed by atoms with Crippen molar-refractivity contribution in [2.45, 2.75) is 6.54 Å². The average molecular weight is 301 g/mol. The first-order valence-corrected chi connectivity index (χ1v) is 7.45. The Hall–Kier alpha value is -2.21. The van der Waals surface area contributed by atoms with Gasteiger partial charge in [-0.1, -0.05) is 12.1 Å². The number of likely N-dealkylation sites (N-methyl/N-ethyl adjacent to an activating group) is 1. The topological polar surface area (TPSA) is 44.3 Å². The third-order valence-corrected chi connectivity index (χ3v) is 3.82. The Labute approximate surface area is 129 Å². The first kappa shape index (κ1) is 14.7. The molecule has 0 amide bonds. The molecule has 0 atom stereocenters. The summed E-state index contributed by atoms with van der Waals surface area (Å²) in [6.45, 7) is 4.54. The van der Waals surface area contributed by atoms with Crippen molar-refractivity contribution in [3.8, 4) is 0 Å². The summed E-state index contributed by atoms with van der Waals surface area (Å²) in [5.41, 5.74) is 1.01. The number of anilines is 2. The SMILES string of the molecule is CN1CCN(c2nccc(NCc3ccc(F)cc3)n2)CC1. The zero-order valence-corrected chi connectivity index (χ0v) is 12.7. The van der Waals surface area contributed by atoms with Crippen LogP contribution in [0, 0.1) is 5.82 Å². The molecule has 3 rings (SSSR count). The number of nitrogens with zero attached hydrogens (tertiary/aromatic N) is 4. The molecule has 1 saturated heterocycles. The van der Waals surface area contributed by atoms with Gasteiger partial charge in [-0.05, 0) is 30.8 Å². The molecule has 0 aliphatic carbocycles. The van der Waals surface area contributed by atoms with Crippen molar-refractivity contribution in [1.82, 2.24) is 14.9 Å². The first-order chi connectivity index (χ1) is 10.7. The molecule has 1 aromatic heterocycles. The van der Waals surface area contributed by atoms with Crippen LogP contribution in [0.15, 0.2) is 36.5 Å². The minimum Gasteiger partial charge on any atom is -0.366 e. The normalized spacial score (nSPS) is 15.8. The fourth-order valence-corrected chi connectivity index (χ4v) is 2.40. The second-order valence-electron chi connectivity index (χ2n) is 5.51. The maximum Gasteiger partial charge on any atom is 0.227 e. The van der Waals surface area contributed by atoms with E-state index in [1.54, 1.807) is 18.3 Å². The zero-order chi connectivity index (χ0) is 15.4. The van der Waals surface area contributed by atoms with Crippen LogP contribution in [0.1, 0.15) is 5.56 Å². The van der Waals surface area contributed by atoms with Gasteiger partial charge in [0.25, 0.3) is 0 Å². The van der Waals surface area contributed by atoms with Gasteiger partial charge in [0.05, 0.1) is 0 Å². The van der Waals surface area contributed by atoms with Gasteiger partial charge >= 0.3 is 0 Å². The molecule has 1 aliphatic heterocycles. The Bertz CT molecular complexity index is 608. The van der Waals surface area contributed by atoms with Gasteiger partial charge in [0.2, 0.25) is 5.95 Å². The number of aromatic nitrogens is 2. The third kappa shape index (κ3) is 3.71. The molecule has 0 spiro atoms. The average Bonchev–Trinajstić information content (AvgIpc) is 2.55. The number of hydrogen-bond donors (Lipinski definition) is 1. The molecule has 1 aromatic carbocycles. The van der Waals surface area contributed by atoms with Crippen LogP contribution < -0.4 is 10.2 Å². The highest BCUT2D eigenvalue weighted by atomic mass is 19.1. The van der Waals surface area contributed by atoms with Crippen molar-refractivity contribution < 1.29 is 4.39 Å². The van der Waals surface area contributed by atoms with Gasteiger partial charge in [-0.3, -0.25) is 0 Å². The Morgan fingerprint density at radius 1 is 1.09 bits per heavy atom. The molecule has 0 saturated carbocycles. The summed E-state index contributed by atoms with van der Waals surface area (Å²) in [5, 5.41) is 3.26. The Kier molecular flexibility index (Phi) is 4.48. The Morgan fingerprint density at radius 2 is 1.82 bits per heavy atom. The van der Waals surface area contributed by atoms with Crippen LogP contribution in [-0.2, 0) is 6.54 Å².